The molecule has 0 aromatic heterocycles. The van der Waals surface area contributed by atoms with Gasteiger partial charge in [-0.25, -0.2) is 0 Å². The van der Waals surface area contributed by atoms with Gasteiger partial charge in [0.25, 0.3) is 0 Å². The first-order valence-electron chi connectivity index (χ1n) is 13.9. The Hall–Kier alpha value is -1.20. The summed E-state index contributed by atoms with van der Waals surface area (Å²) in [6, 6.07) is 0. The van der Waals surface area contributed by atoms with Crippen LogP contribution in [0.2, 0.25) is 0 Å². The first kappa shape index (κ1) is 25.4. The molecule has 0 saturated heterocycles. The molecule has 3 N–H and O–H groups in total. The van der Waals surface area contributed by atoms with E-state index < -0.39 is 22.9 Å². The molecule has 0 spiro atoms. The molecule has 0 unspecified atom stereocenters. The number of fused-ring (bicyclic) bond motifs is 7. The Morgan fingerprint density at radius 2 is 1.66 bits per heavy atom. The standard InChI is InChI=1S/C30H46O5/c1-25(2)20-9-10-28(5)21(29(20,6)23(33)15-22(25)32)8-7-18-19-16-26(3,17-31)11-13-30(19,24(34)35)14-12-27(18,28)4/h7,19-22,31-32H,8-17H2,1-6H3,(H,34,35)/t19-,20-,21-,22-,26-,27+,28+,29-,30-/m0/s1. The van der Waals surface area contributed by atoms with Gasteiger partial charge in [-0.15, -0.1) is 0 Å². The van der Waals surface area contributed by atoms with Crippen LogP contribution in [-0.4, -0.2) is 39.8 Å². The fraction of sp³-hybridized carbons (Fsp3) is 0.867. The number of carboxylic acids is 1. The largest absolute Gasteiger partial charge is 0.481 e. The molecule has 0 aromatic carbocycles. The molecule has 0 radical (unpaired) electrons. The molecule has 4 saturated carbocycles. The third-order valence-corrected chi connectivity index (χ3v) is 13.2. The van der Waals surface area contributed by atoms with Gasteiger partial charge in [-0.3, -0.25) is 9.59 Å². The molecule has 5 nitrogen and oxygen atoms in total. The summed E-state index contributed by atoms with van der Waals surface area (Å²) in [7, 11) is 0. The van der Waals surface area contributed by atoms with E-state index >= 15 is 0 Å². The number of allylic oxidation sites excluding steroid dienone is 2. The van der Waals surface area contributed by atoms with Gasteiger partial charge in [0.2, 0.25) is 0 Å². The number of carbonyl (C=O) groups excluding carboxylic acids is 1. The molecule has 0 heterocycles. The molecule has 0 aliphatic heterocycles. The fourth-order valence-electron chi connectivity index (χ4n) is 10.3. The molecule has 0 bridgehead atoms. The van der Waals surface area contributed by atoms with Crippen LogP contribution in [0.3, 0.4) is 0 Å². The number of Topliss-reactive ketones (excluding diaryl/α,β-unsaturated/α-hetero) is 1. The van der Waals surface area contributed by atoms with E-state index in [1.807, 2.05) is 0 Å². The molecule has 0 amide bonds. The van der Waals surface area contributed by atoms with Gasteiger partial charge >= 0.3 is 5.97 Å². The molecule has 5 rings (SSSR count). The Balaban J connectivity index is 1.62. The number of aliphatic hydroxyl groups is 2. The van der Waals surface area contributed by atoms with E-state index in [2.05, 4.69) is 47.6 Å². The maximum Gasteiger partial charge on any atom is 0.310 e. The zero-order valence-electron chi connectivity index (χ0n) is 22.6. The van der Waals surface area contributed by atoms with Crippen molar-refractivity contribution in [3.8, 4) is 0 Å². The number of carboxylic acid groups (broad SMARTS) is 1. The van der Waals surface area contributed by atoms with Crippen molar-refractivity contribution in [3.63, 3.8) is 0 Å². The zero-order chi connectivity index (χ0) is 25.8. The quantitative estimate of drug-likeness (QED) is 0.455. The summed E-state index contributed by atoms with van der Waals surface area (Å²) in [4.78, 5) is 26.5. The van der Waals surface area contributed by atoms with Crippen LogP contribution in [0.25, 0.3) is 0 Å². The predicted octanol–water partition coefficient (Wildman–Crippen LogP) is 5.39. The number of hydrogen-bond acceptors (Lipinski definition) is 4. The van der Waals surface area contributed by atoms with Crippen LogP contribution >= 0.6 is 0 Å². The smallest absolute Gasteiger partial charge is 0.310 e. The number of ketones is 1. The predicted molar refractivity (Wildman–Crippen MR) is 134 cm³/mol. The number of rotatable bonds is 2. The van der Waals surface area contributed by atoms with E-state index in [0.29, 0.717) is 12.8 Å². The average Bonchev–Trinajstić information content (AvgIpc) is 2.78. The summed E-state index contributed by atoms with van der Waals surface area (Å²) in [5, 5.41) is 31.5. The number of hydrogen-bond donors (Lipinski definition) is 3. The second kappa shape index (κ2) is 7.43. The molecule has 5 heteroatoms. The monoisotopic (exact) mass is 486 g/mol. The first-order chi connectivity index (χ1) is 16.1. The summed E-state index contributed by atoms with van der Waals surface area (Å²) in [6.45, 7) is 13.4. The van der Waals surface area contributed by atoms with Gasteiger partial charge in [0.1, 0.15) is 5.78 Å². The molecule has 35 heavy (non-hydrogen) atoms. The van der Waals surface area contributed by atoms with Crippen molar-refractivity contribution < 1.29 is 24.9 Å². The summed E-state index contributed by atoms with van der Waals surface area (Å²) in [5.74, 6) is -0.185. The first-order valence-corrected chi connectivity index (χ1v) is 13.9. The van der Waals surface area contributed by atoms with E-state index in [4.69, 9.17) is 0 Å². The Labute approximate surface area is 210 Å². The highest BCUT2D eigenvalue weighted by atomic mass is 16.4. The van der Waals surface area contributed by atoms with Crippen LogP contribution in [-0.2, 0) is 9.59 Å². The Bertz CT molecular complexity index is 983. The Morgan fingerprint density at radius 3 is 2.29 bits per heavy atom. The molecule has 196 valence electrons. The van der Waals surface area contributed by atoms with Crippen molar-refractivity contribution in [2.45, 2.75) is 105 Å². The minimum atomic E-state index is -0.739. The zero-order valence-corrected chi connectivity index (χ0v) is 22.6. The minimum Gasteiger partial charge on any atom is -0.481 e. The molecule has 9 atom stereocenters. The molecule has 5 aliphatic carbocycles. The minimum absolute atomic E-state index is 0.0618. The Kier molecular flexibility index (Phi) is 5.40. The lowest BCUT2D eigenvalue weighted by Crippen LogP contribution is -2.67. The SMILES string of the molecule is CC1(C)[C@@H](O)CC(=O)[C@]2(C)[C@H]3CC=C4[C@@H]5C[C@@](C)(CO)CC[C@]5(C(=O)O)CC[C@@]4(C)[C@]3(C)CC[C@@H]12. The van der Waals surface area contributed by atoms with Gasteiger partial charge < -0.3 is 15.3 Å². The van der Waals surface area contributed by atoms with Gasteiger partial charge in [0.05, 0.1) is 11.5 Å². The van der Waals surface area contributed by atoms with E-state index in [9.17, 15) is 24.9 Å². The third kappa shape index (κ3) is 2.94. The lowest BCUT2D eigenvalue weighted by atomic mass is 9.33. The van der Waals surface area contributed by atoms with Crippen LogP contribution in [0.15, 0.2) is 11.6 Å². The molecular formula is C30H46O5. The van der Waals surface area contributed by atoms with Gasteiger partial charge in [-0.05, 0) is 90.8 Å². The highest BCUT2D eigenvalue weighted by Gasteiger charge is 2.71. The lowest BCUT2D eigenvalue weighted by Gasteiger charge is -2.70. The van der Waals surface area contributed by atoms with Crippen molar-refractivity contribution in [1.29, 1.82) is 0 Å². The summed E-state index contributed by atoms with van der Waals surface area (Å²) < 4.78 is 0. The van der Waals surface area contributed by atoms with Crippen LogP contribution < -0.4 is 0 Å². The van der Waals surface area contributed by atoms with Gasteiger partial charge in [-0.1, -0.05) is 53.2 Å². The molecule has 5 aliphatic rings. The fourth-order valence-corrected chi connectivity index (χ4v) is 10.3. The van der Waals surface area contributed by atoms with Crippen molar-refractivity contribution in [3.05, 3.63) is 11.6 Å². The van der Waals surface area contributed by atoms with Crippen LogP contribution in [0.4, 0.5) is 0 Å². The second-order valence-corrected chi connectivity index (χ2v) is 14.7. The third-order valence-electron chi connectivity index (χ3n) is 13.2. The van der Waals surface area contributed by atoms with Crippen LogP contribution in [0.1, 0.15) is 99.3 Å². The maximum absolute atomic E-state index is 13.7. The highest BCUT2D eigenvalue weighted by molar-refractivity contribution is 5.87. The van der Waals surface area contributed by atoms with Gasteiger partial charge in [-0.2, -0.15) is 0 Å². The van der Waals surface area contributed by atoms with Crippen molar-refractivity contribution >= 4 is 11.8 Å². The van der Waals surface area contributed by atoms with Crippen LogP contribution in [0, 0.1) is 50.2 Å². The topological polar surface area (TPSA) is 94.8 Å². The molecular weight excluding hydrogens is 440 g/mol. The second-order valence-electron chi connectivity index (χ2n) is 14.7. The number of aliphatic hydroxyl groups excluding tert-OH is 2. The summed E-state index contributed by atoms with van der Waals surface area (Å²) >= 11 is 0. The lowest BCUT2D eigenvalue weighted by molar-refractivity contribution is -0.204. The summed E-state index contributed by atoms with van der Waals surface area (Å²) in [6.07, 6.45) is 8.31. The Morgan fingerprint density at radius 1 is 1.00 bits per heavy atom. The van der Waals surface area contributed by atoms with E-state index in [-0.39, 0.29) is 58.2 Å². The van der Waals surface area contributed by atoms with Gasteiger partial charge in [0, 0.05) is 18.4 Å². The van der Waals surface area contributed by atoms with E-state index in [1.54, 1.807) is 0 Å². The average molecular weight is 487 g/mol. The number of aliphatic carboxylic acids is 1. The van der Waals surface area contributed by atoms with E-state index in [0.717, 1.165) is 38.5 Å². The normalized spacial score (nSPS) is 52.9. The van der Waals surface area contributed by atoms with Gasteiger partial charge in [0.15, 0.2) is 0 Å². The van der Waals surface area contributed by atoms with Crippen LogP contribution in [0.5, 0.6) is 0 Å². The maximum atomic E-state index is 13.7. The summed E-state index contributed by atoms with van der Waals surface area (Å²) in [5.41, 5.74) is -0.731. The van der Waals surface area contributed by atoms with Crippen molar-refractivity contribution in [2.75, 3.05) is 6.61 Å². The number of carbonyl (C=O) groups is 2. The molecule has 0 aromatic rings. The van der Waals surface area contributed by atoms with Crippen molar-refractivity contribution in [2.24, 2.45) is 50.2 Å². The van der Waals surface area contributed by atoms with Crippen molar-refractivity contribution in [1.82, 2.24) is 0 Å². The highest BCUT2D eigenvalue weighted by Crippen LogP contribution is 2.75. The van der Waals surface area contributed by atoms with E-state index in [1.165, 1.54) is 5.57 Å². The molecule has 4 fully saturated rings.